The Morgan fingerprint density at radius 3 is 2.60 bits per heavy atom. The van der Waals surface area contributed by atoms with Gasteiger partial charge in [0.15, 0.2) is 5.76 Å². The lowest BCUT2D eigenvalue weighted by Gasteiger charge is -2.17. The second-order valence-corrected chi connectivity index (χ2v) is 6.34. The van der Waals surface area contributed by atoms with Crippen molar-refractivity contribution in [2.24, 2.45) is 0 Å². The number of fused-ring (bicyclic) bond motifs is 1. The monoisotopic (exact) mass is 401 g/mol. The first-order valence-corrected chi connectivity index (χ1v) is 8.48. The number of methoxy groups -OCH3 is 1. The van der Waals surface area contributed by atoms with Crippen molar-refractivity contribution in [2.45, 2.75) is 12.5 Å². The molecule has 1 unspecified atom stereocenters. The van der Waals surface area contributed by atoms with Crippen molar-refractivity contribution < 1.29 is 18.7 Å². The molecule has 5 nitrogen and oxygen atoms in total. The van der Waals surface area contributed by atoms with Gasteiger partial charge in [0.25, 0.3) is 5.91 Å². The zero-order chi connectivity index (χ0) is 17.8. The molecule has 1 atom stereocenters. The molecule has 0 spiro atoms. The lowest BCUT2D eigenvalue weighted by atomic mass is 10.0. The fourth-order valence-electron chi connectivity index (χ4n) is 2.56. The van der Waals surface area contributed by atoms with Gasteiger partial charge >= 0.3 is 5.97 Å². The van der Waals surface area contributed by atoms with E-state index >= 15 is 0 Å². The fourth-order valence-corrected chi connectivity index (χ4v) is 3.02. The molecule has 25 heavy (non-hydrogen) atoms. The van der Waals surface area contributed by atoms with Crippen LogP contribution in [0.4, 0.5) is 0 Å². The third-order valence-electron chi connectivity index (χ3n) is 3.83. The van der Waals surface area contributed by atoms with E-state index in [2.05, 4.69) is 21.2 Å². The molecular formula is C19H16BrNO4. The van der Waals surface area contributed by atoms with E-state index < -0.39 is 12.0 Å². The van der Waals surface area contributed by atoms with Crippen LogP contribution in [0, 0.1) is 0 Å². The van der Waals surface area contributed by atoms with Crippen LogP contribution in [0.3, 0.4) is 0 Å². The number of hydrogen-bond donors (Lipinski definition) is 1. The fraction of sp³-hybridized carbons (Fsp3) is 0.158. The number of furan rings is 1. The molecule has 0 bridgehead atoms. The number of rotatable bonds is 5. The van der Waals surface area contributed by atoms with Gasteiger partial charge in [-0.3, -0.25) is 9.59 Å². The quantitative estimate of drug-likeness (QED) is 0.649. The summed E-state index contributed by atoms with van der Waals surface area (Å²) in [5.74, 6) is -0.602. The van der Waals surface area contributed by atoms with Crippen molar-refractivity contribution >= 4 is 38.8 Å². The van der Waals surface area contributed by atoms with Crippen molar-refractivity contribution in [3.63, 3.8) is 0 Å². The number of carbonyl (C=O) groups excluding carboxylic acids is 2. The van der Waals surface area contributed by atoms with Gasteiger partial charge in [0.05, 0.1) is 24.0 Å². The molecule has 1 N–H and O–H groups in total. The first-order chi connectivity index (χ1) is 12.1. The second kappa shape index (κ2) is 7.53. The normalized spacial score (nSPS) is 11.9. The lowest BCUT2D eigenvalue weighted by Crippen LogP contribution is -2.30. The number of halogens is 1. The first-order valence-electron chi connectivity index (χ1n) is 7.69. The molecule has 3 rings (SSSR count). The van der Waals surface area contributed by atoms with Crippen molar-refractivity contribution in [3.8, 4) is 0 Å². The summed E-state index contributed by atoms with van der Waals surface area (Å²) in [6, 6.07) is 16.0. The Labute approximate surface area is 153 Å². The van der Waals surface area contributed by atoms with Crippen molar-refractivity contribution in [2.75, 3.05) is 7.11 Å². The van der Waals surface area contributed by atoms with Gasteiger partial charge < -0.3 is 14.5 Å². The molecule has 0 saturated heterocycles. The summed E-state index contributed by atoms with van der Waals surface area (Å²) in [6.45, 7) is 0. The van der Waals surface area contributed by atoms with E-state index in [1.807, 2.05) is 48.5 Å². The zero-order valence-corrected chi connectivity index (χ0v) is 15.1. The van der Waals surface area contributed by atoms with Gasteiger partial charge in [-0.2, -0.15) is 0 Å². The third kappa shape index (κ3) is 3.91. The average Bonchev–Trinajstić information content (AvgIpc) is 3.07. The minimum absolute atomic E-state index is 0.0379. The molecule has 0 saturated carbocycles. The Morgan fingerprint density at radius 2 is 1.92 bits per heavy atom. The van der Waals surface area contributed by atoms with Crippen LogP contribution in [0.15, 0.2) is 63.5 Å². The van der Waals surface area contributed by atoms with Gasteiger partial charge in [0.2, 0.25) is 0 Å². The Morgan fingerprint density at radius 1 is 1.16 bits per heavy atom. The number of benzene rings is 2. The Hall–Kier alpha value is -2.60. The maximum atomic E-state index is 12.6. The highest BCUT2D eigenvalue weighted by molar-refractivity contribution is 9.10. The van der Waals surface area contributed by atoms with Gasteiger partial charge in [0, 0.05) is 5.39 Å². The molecule has 1 heterocycles. The van der Waals surface area contributed by atoms with Crippen LogP contribution < -0.4 is 5.32 Å². The molecule has 2 aromatic carbocycles. The maximum Gasteiger partial charge on any atom is 0.307 e. The number of esters is 1. The Balaban J connectivity index is 1.86. The molecule has 0 aliphatic carbocycles. The molecule has 1 aromatic heterocycles. The summed E-state index contributed by atoms with van der Waals surface area (Å²) >= 11 is 3.40. The van der Waals surface area contributed by atoms with E-state index in [9.17, 15) is 9.59 Å². The maximum absolute atomic E-state index is 12.6. The predicted molar refractivity (Wildman–Crippen MR) is 97.2 cm³/mol. The van der Waals surface area contributed by atoms with E-state index in [0.717, 1.165) is 15.4 Å². The zero-order valence-electron chi connectivity index (χ0n) is 13.5. The van der Waals surface area contributed by atoms with Crippen molar-refractivity contribution in [1.29, 1.82) is 0 Å². The van der Waals surface area contributed by atoms with E-state index in [1.54, 1.807) is 6.07 Å². The van der Waals surface area contributed by atoms with Gasteiger partial charge in [-0.15, -0.1) is 0 Å². The van der Waals surface area contributed by atoms with Crippen LogP contribution in [0.1, 0.15) is 28.6 Å². The Kier molecular flexibility index (Phi) is 5.19. The van der Waals surface area contributed by atoms with E-state index in [1.165, 1.54) is 7.11 Å². The van der Waals surface area contributed by atoms with Gasteiger partial charge in [-0.25, -0.2) is 0 Å². The summed E-state index contributed by atoms with van der Waals surface area (Å²) in [4.78, 5) is 24.3. The molecule has 0 aliphatic heterocycles. The van der Waals surface area contributed by atoms with E-state index in [4.69, 9.17) is 9.15 Å². The van der Waals surface area contributed by atoms with Crippen LogP contribution in [0.25, 0.3) is 11.0 Å². The first kappa shape index (κ1) is 17.2. The van der Waals surface area contributed by atoms with Crippen molar-refractivity contribution in [1.82, 2.24) is 5.32 Å². The smallest absolute Gasteiger partial charge is 0.307 e. The SMILES string of the molecule is COC(=O)CC(NC(=O)c1cc2cccc(Br)c2o1)c1ccccc1. The van der Waals surface area contributed by atoms with Crippen LogP contribution in [0.5, 0.6) is 0 Å². The van der Waals surface area contributed by atoms with Crippen molar-refractivity contribution in [3.05, 3.63) is 70.4 Å². The molecule has 0 radical (unpaired) electrons. The molecule has 0 aliphatic rings. The number of carbonyl (C=O) groups is 2. The molecule has 3 aromatic rings. The average molecular weight is 402 g/mol. The number of hydrogen-bond acceptors (Lipinski definition) is 4. The summed E-state index contributed by atoms with van der Waals surface area (Å²) in [6.07, 6.45) is 0.0379. The predicted octanol–water partition coefficient (Wildman–Crippen LogP) is 4.23. The lowest BCUT2D eigenvalue weighted by molar-refractivity contribution is -0.141. The molecule has 0 fully saturated rings. The minimum Gasteiger partial charge on any atom is -0.469 e. The summed E-state index contributed by atoms with van der Waals surface area (Å²) < 4.78 is 11.2. The Bertz CT molecular complexity index is 904. The van der Waals surface area contributed by atoms with Crippen LogP contribution in [0.2, 0.25) is 0 Å². The highest BCUT2D eigenvalue weighted by atomic mass is 79.9. The summed E-state index contributed by atoms with van der Waals surface area (Å²) in [5.41, 5.74) is 1.43. The highest BCUT2D eigenvalue weighted by Crippen LogP contribution is 2.27. The summed E-state index contributed by atoms with van der Waals surface area (Å²) in [7, 11) is 1.32. The van der Waals surface area contributed by atoms with E-state index in [0.29, 0.717) is 5.58 Å². The molecule has 6 heteroatoms. The minimum atomic E-state index is -0.502. The number of nitrogens with one attached hydrogen (secondary N) is 1. The number of ether oxygens (including phenoxy) is 1. The molecular weight excluding hydrogens is 386 g/mol. The summed E-state index contributed by atoms with van der Waals surface area (Å²) in [5, 5.41) is 3.67. The number of para-hydroxylation sites is 1. The van der Waals surface area contributed by atoms with Gasteiger partial charge in [-0.1, -0.05) is 42.5 Å². The molecule has 128 valence electrons. The third-order valence-corrected chi connectivity index (χ3v) is 4.45. The topological polar surface area (TPSA) is 68.5 Å². The number of amides is 1. The van der Waals surface area contributed by atoms with Gasteiger partial charge in [0.1, 0.15) is 5.58 Å². The largest absolute Gasteiger partial charge is 0.469 e. The van der Waals surface area contributed by atoms with Crippen LogP contribution in [-0.4, -0.2) is 19.0 Å². The van der Waals surface area contributed by atoms with Gasteiger partial charge in [-0.05, 0) is 33.6 Å². The second-order valence-electron chi connectivity index (χ2n) is 5.49. The van der Waals surface area contributed by atoms with Crippen LogP contribution >= 0.6 is 15.9 Å². The molecule has 1 amide bonds. The standard InChI is InChI=1S/C19H16BrNO4/c1-24-17(22)11-15(12-6-3-2-4-7-12)21-19(23)16-10-13-8-5-9-14(20)18(13)25-16/h2-10,15H,11H2,1H3,(H,21,23). The van der Waals surface area contributed by atoms with E-state index in [-0.39, 0.29) is 18.1 Å². The van der Waals surface area contributed by atoms with Crippen LogP contribution in [-0.2, 0) is 9.53 Å². The highest BCUT2D eigenvalue weighted by Gasteiger charge is 2.22.